The molecule has 174 valence electrons. The van der Waals surface area contributed by atoms with Crippen LogP contribution in [0.1, 0.15) is 24.0 Å². The summed E-state index contributed by atoms with van der Waals surface area (Å²) in [6.45, 7) is 3.25. The molecule has 1 saturated heterocycles. The second-order valence-corrected chi connectivity index (χ2v) is 7.91. The Morgan fingerprint density at radius 1 is 1.16 bits per heavy atom. The van der Waals surface area contributed by atoms with Gasteiger partial charge < -0.3 is 25.2 Å². The Morgan fingerprint density at radius 3 is 2.56 bits per heavy atom. The zero-order chi connectivity index (χ0) is 22.9. The molecule has 1 heterocycles. The lowest BCUT2D eigenvalue weighted by Crippen LogP contribution is -2.48. The van der Waals surface area contributed by atoms with Crippen LogP contribution in [0.25, 0.3) is 0 Å². The summed E-state index contributed by atoms with van der Waals surface area (Å²) in [6.07, 6.45) is 2.64. The third-order valence-corrected chi connectivity index (χ3v) is 5.75. The van der Waals surface area contributed by atoms with Crippen LogP contribution in [-0.2, 0) is 13.0 Å². The van der Waals surface area contributed by atoms with Crippen molar-refractivity contribution < 1.29 is 19.0 Å². The minimum atomic E-state index is -0.320. The van der Waals surface area contributed by atoms with Gasteiger partial charge in [-0.25, -0.2) is 4.39 Å². The van der Waals surface area contributed by atoms with Crippen molar-refractivity contribution in [2.75, 3.05) is 40.9 Å². The molecule has 32 heavy (non-hydrogen) atoms. The largest absolute Gasteiger partial charge is 0.508 e. The summed E-state index contributed by atoms with van der Waals surface area (Å²) in [5.41, 5.74) is 1.81. The Bertz CT molecular complexity index is 914. The molecule has 0 unspecified atom stereocenters. The minimum absolute atomic E-state index is 0.234. The van der Waals surface area contributed by atoms with Crippen LogP contribution in [0.4, 0.5) is 4.39 Å². The Morgan fingerprint density at radius 2 is 1.94 bits per heavy atom. The third-order valence-electron chi connectivity index (χ3n) is 5.75. The maximum atomic E-state index is 13.9. The number of hydrogen-bond acceptors (Lipinski definition) is 5. The van der Waals surface area contributed by atoms with Crippen molar-refractivity contribution in [2.24, 2.45) is 4.99 Å². The number of hydrogen-bond donors (Lipinski definition) is 3. The summed E-state index contributed by atoms with van der Waals surface area (Å²) in [7, 11) is 4.81. The molecule has 0 aromatic heterocycles. The fourth-order valence-corrected chi connectivity index (χ4v) is 3.89. The Kier molecular flexibility index (Phi) is 8.56. The van der Waals surface area contributed by atoms with Gasteiger partial charge in [0.05, 0.1) is 14.2 Å². The standard InChI is InChI=1S/C24H33FN4O3/c1-26-24(27-11-8-18-5-6-20(31-2)15-22(18)30)28-19-9-12-29(13-10-19)16-17-4-7-23(32-3)21(25)14-17/h4-7,14-15,19,30H,8-13,16H2,1-3H3,(H2,26,27,28). The molecule has 1 aliphatic rings. The molecule has 1 fully saturated rings. The average molecular weight is 445 g/mol. The first-order valence-corrected chi connectivity index (χ1v) is 10.9. The zero-order valence-electron chi connectivity index (χ0n) is 19.0. The number of halogens is 1. The SMILES string of the molecule is CN=C(NCCc1ccc(OC)cc1O)NC1CCN(Cc2ccc(OC)c(F)c2)CC1. The molecule has 3 rings (SSSR count). The van der Waals surface area contributed by atoms with Gasteiger partial charge in [-0.05, 0) is 48.6 Å². The molecular formula is C24H33FN4O3. The number of likely N-dealkylation sites (tertiary alicyclic amines) is 1. The van der Waals surface area contributed by atoms with Crippen LogP contribution in [0.5, 0.6) is 17.2 Å². The molecule has 0 amide bonds. The lowest BCUT2D eigenvalue weighted by molar-refractivity contribution is 0.198. The van der Waals surface area contributed by atoms with Crippen LogP contribution in [0.3, 0.4) is 0 Å². The van der Waals surface area contributed by atoms with E-state index in [1.807, 2.05) is 18.2 Å². The van der Waals surface area contributed by atoms with E-state index in [1.165, 1.54) is 7.11 Å². The second kappa shape index (κ2) is 11.6. The van der Waals surface area contributed by atoms with Gasteiger partial charge >= 0.3 is 0 Å². The number of aromatic hydroxyl groups is 1. The van der Waals surface area contributed by atoms with Crippen LogP contribution < -0.4 is 20.1 Å². The number of aliphatic imine (C=N–C) groups is 1. The molecule has 0 bridgehead atoms. The molecular weight excluding hydrogens is 411 g/mol. The predicted molar refractivity (Wildman–Crippen MR) is 124 cm³/mol. The van der Waals surface area contributed by atoms with Gasteiger partial charge in [0.25, 0.3) is 0 Å². The van der Waals surface area contributed by atoms with E-state index in [4.69, 9.17) is 9.47 Å². The van der Waals surface area contributed by atoms with Crippen molar-refractivity contribution in [3.8, 4) is 17.2 Å². The van der Waals surface area contributed by atoms with Crippen molar-refractivity contribution in [1.82, 2.24) is 15.5 Å². The number of piperidine rings is 1. The van der Waals surface area contributed by atoms with E-state index in [-0.39, 0.29) is 17.3 Å². The summed E-state index contributed by atoms with van der Waals surface area (Å²) in [6, 6.07) is 10.8. The molecule has 0 aliphatic carbocycles. The lowest BCUT2D eigenvalue weighted by Gasteiger charge is -2.33. The third kappa shape index (κ3) is 6.50. The van der Waals surface area contributed by atoms with Crippen molar-refractivity contribution in [3.05, 3.63) is 53.3 Å². The van der Waals surface area contributed by atoms with E-state index in [0.29, 0.717) is 24.8 Å². The van der Waals surface area contributed by atoms with Gasteiger partial charge in [0.1, 0.15) is 11.5 Å². The average Bonchev–Trinajstić information content (AvgIpc) is 2.80. The topological polar surface area (TPSA) is 78.4 Å². The van der Waals surface area contributed by atoms with Crippen LogP contribution in [0.15, 0.2) is 41.4 Å². The van der Waals surface area contributed by atoms with Crippen LogP contribution in [0, 0.1) is 5.82 Å². The number of phenolic OH excluding ortho intramolecular Hbond substituents is 1. The summed E-state index contributed by atoms with van der Waals surface area (Å²) in [4.78, 5) is 6.66. The molecule has 2 aromatic carbocycles. The van der Waals surface area contributed by atoms with Gasteiger partial charge in [0.2, 0.25) is 0 Å². The Hall–Kier alpha value is -3.00. The van der Waals surface area contributed by atoms with Gasteiger partial charge in [-0.15, -0.1) is 0 Å². The van der Waals surface area contributed by atoms with Gasteiger partial charge in [0.15, 0.2) is 17.5 Å². The maximum Gasteiger partial charge on any atom is 0.191 e. The summed E-state index contributed by atoms with van der Waals surface area (Å²) < 4.78 is 24.0. The molecule has 0 saturated carbocycles. The summed E-state index contributed by atoms with van der Waals surface area (Å²) in [5.74, 6) is 1.59. The molecule has 7 nitrogen and oxygen atoms in total. The number of guanidine groups is 1. The van der Waals surface area contributed by atoms with Gasteiger partial charge in [0, 0.05) is 45.3 Å². The van der Waals surface area contributed by atoms with E-state index in [0.717, 1.165) is 49.6 Å². The highest BCUT2D eigenvalue weighted by molar-refractivity contribution is 5.80. The van der Waals surface area contributed by atoms with Crippen molar-refractivity contribution in [2.45, 2.75) is 31.8 Å². The zero-order valence-corrected chi connectivity index (χ0v) is 19.0. The first-order chi connectivity index (χ1) is 15.5. The smallest absolute Gasteiger partial charge is 0.191 e. The van der Waals surface area contributed by atoms with Crippen molar-refractivity contribution >= 4 is 5.96 Å². The van der Waals surface area contributed by atoms with Crippen LogP contribution in [0.2, 0.25) is 0 Å². The summed E-state index contributed by atoms with van der Waals surface area (Å²) >= 11 is 0. The van der Waals surface area contributed by atoms with E-state index >= 15 is 0 Å². The quantitative estimate of drug-likeness (QED) is 0.429. The second-order valence-electron chi connectivity index (χ2n) is 7.91. The van der Waals surface area contributed by atoms with Gasteiger partial charge in [-0.1, -0.05) is 12.1 Å². The number of nitrogens with zero attached hydrogens (tertiary/aromatic N) is 2. The van der Waals surface area contributed by atoms with E-state index in [1.54, 1.807) is 32.4 Å². The highest BCUT2D eigenvalue weighted by Gasteiger charge is 2.20. The van der Waals surface area contributed by atoms with Crippen LogP contribution >= 0.6 is 0 Å². The summed E-state index contributed by atoms with van der Waals surface area (Å²) in [5, 5.41) is 16.9. The predicted octanol–water partition coefficient (Wildman–Crippen LogP) is 2.92. The van der Waals surface area contributed by atoms with Crippen molar-refractivity contribution in [1.29, 1.82) is 0 Å². The fraction of sp³-hybridized carbons (Fsp3) is 0.458. The highest BCUT2D eigenvalue weighted by Crippen LogP contribution is 2.23. The van der Waals surface area contributed by atoms with E-state index < -0.39 is 0 Å². The normalized spacial score (nSPS) is 15.4. The molecule has 8 heteroatoms. The number of ether oxygens (including phenoxy) is 2. The van der Waals surface area contributed by atoms with Crippen LogP contribution in [-0.4, -0.2) is 62.9 Å². The van der Waals surface area contributed by atoms with E-state index in [9.17, 15) is 9.50 Å². The molecule has 2 aromatic rings. The first kappa shape index (κ1) is 23.7. The minimum Gasteiger partial charge on any atom is -0.508 e. The highest BCUT2D eigenvalue weighted by atomic mass is 19.1. The van der Waals surface area contributed by atoms with Gasteiger partial charge in [-0.3, -0.25) is 9.89 Å². The Labute approximate surface area is 189 Å². The maximum absolute atomic E-state index is 13.9. The monoisotopic (exact) mass is 444 g/mol. The molecule has 0 spiro atoms. The molecule has 1 aliphatic heterocycles. The molecule has 0 radical (unpaired) electrons. The number of rotatable bonds is 8. The number of methoxy groups -OCH3 is 2. The first-order valence-electron chi connectivity index (χ1n) is 10.9. The fourth-order valence-electron chi connectivity index (χ4n) is 3.89. The molecule has 0 atom stereocenters. The number of benzene rings is 2. The van der Waals surface area contributed by atoms with E-state index in [2.05, 4.69) is 20.5 Å². The lowest BCUT2D eigenvalue weighted by atomic mass is 10.0. The van der Waals surface area contributed by atoms with Crippen molar-refractivity contribution in [3.63, 3.8) is 0 Å². The molecule has 3 N–H and O–H groups in total. The Balaban J connectivity index is 1.41. The number of phenols is 1. The number of nitrogens with one attached hydrogen (secondary N) is 2. The van der Waals surface area contributed by atoms with Gasteiger partial charge in [-0.2, -0.15) is 0 Å².